The zero-order valence-corrected chi connectivity index (χ0v) is 19.1. The number of morpholine rings is 1. The van der Waals surface area contributed by atoms with Crippen LogP contribution in [0.3, 0.4) is 0 Å². The summed E-state index contributed by atoms with van der Waals surface area (Å²) >= 11 is 0. The monoisotopic (exact) mass is 426 g/mol. The first-order chi connectivity index (χ1) is 15.0. The van der Waals surface area contributed by atoms with Gasteiger partial charge in [0.05, 0.1) is 13.2 Å². The fourth-order valence-corrected chi connectivity index (χ4v) is 3.71. The molecule has 0 aliphatic carbocycles. The second kappa shape index (κ2) is 11.0. The van der Waals surface area contributed by atoms with Crippen molar-refractivity contribution in [3.8, 4) is 11.5 Å². The number of ether oxygens (including phenoxy) is 3. The number of carbonyl (C=O) groups excluding carboxylic acids is 1. The second-order valence-corrected chi connectivity index (χ2v) is 7.80. The normalized spacial score (nSPS) is 16.1. The highest BCUT2D eigenvalue weighted by Gasteiger charge is 2.25. The molecule has 0 saturated carbocycles. The molecule has 3 rings (SSSR count). The van der Waals surface area contributed by atoms with E-state index in [1.165, 1.54) is 0 Å². The number of nitrogens with zero attached hydrogens (tertiary/aromatic N) is 2. The maximum absolute atomic E-state index is 12.7. The summed E-state index contributed by atoms with van der Waals surface area (Å²) in [6.07, 6.45) is -0.157. The SMILES string of the molecule is CCN(CC)c1cccc(OCC2CN(C(=O)COc3cccc(C)c3C)CCO2)c1. The van der Waals surface area contributed by atoms with Crippen LogP contribution in [0.25, 0.3) is 0 Å². The first-order valence-corrected chi connectivity index (χ1v) is 11.1. The Morgan fingerprint density at radius 3 is 2.68 bits per heavy atom. The van der Waals surface area contributed by atoms with Crippen molar-refractivity contribution in [3.63, 3.8) is 0 Å². The lowest BCUT2D eigenvalue weighted by atomic mass is 10.1. The van der Waals surface area contributed by atoms with Gasteiger partial charge in [-0.2, -0.15) is 0 Å². The molecule has 0 bridgehead atoms. The number of rotatable bonds is 9. The molecule has 0 spiro atoms. The Morgan fingerprint density at radius 1 is 1.13 bits per heavy atom. The highest BCUT2D eigenvalue weighted by Crippen LogP contribution is 2.22. The average molecular weight is 427 g/mol. The molecule has 1 aliphatic heterocycles. The largest absolute Gasteiger partial charge is 0.491 e. The topological polar surface area (TPSA) is 51.2 Å². The molecule has 1 heterocycles. The average Bonchev–Trinajstić information content (AvgIpc) is 2.80. The minimum absolute atomic E-state index is 0.0299. The van der Waals surface area contributed by atoms with E-state index in [1.807, 2.05) is 44.2 Å². The summed E-state index contributed by atoms with van der Waals surface area (Å²) in [5.41, 5.74) is 3.36. The van der Waals surface area contributed by atoms with E-state index in [1.54, 1.807) is 4.90 Å². The van der Waals surface area contributed by atoms with Crippen molar-refractivity contribution in [2.75, 3.05) is 50.9 Å². The number of amides is 1. The van der Waals surface area contributed by atoms with E-state index in [0.717, 1.165) is 41.4 Å². The van der Waals surface area contributed by atoms with Crippen LogP contribution >= 0.6 is 0 Å². The van der Waals surface area contributed by atoms with Gasteiger partial charge < -0.3 is 24.0 Å². The highest BCUT2D eigenvalue weighted by molar-refractivity contribution is 5.78. The molecule has 6 nitrogen and oxygen atoms in total. The smallest absolute Gasteiger partial charge is 0.260 e. The number of hydrogen-bond acceptors (Lipinski definition) is 5. The summed E-state index contributed by atoms with van der Waals surface area (Å²) in [7, 11) is 0. The number of carbonyl (C=O) groups is 1. The summed E-state index contributed by atoms with van der Waals surface area (Å²) in [6.45, 7) is 12.2. The predicted molar refractivity (Wildman–Crippen MR) is 123 cm³/mol. The van der Waals surface area contributed by atoms with E-state index in [9.17, 15) is 4.79 Å². The molecule has 31 heavy (non-hydrogen) atoms. The summed E-state index contributed by atoms with van der Waals surface area (Å²) in [4.78, 5) is 16.8. The van der Waals surface area contributed by atoms with Gasteiger partial charge in [-0.15, -0.1) is 0 Å². The second-order valence-electron chi connectivity index (χ2n) is 7.80. The molecule has 2 aromatic carbocycles. The molecule has 2 aromatic rings. The molecular formula is C25H34N2O4. The Labute approximate surface area is 185 Å². The predicted octanol–water partition coefficient (Wildman–Crippen LogP) is 3.83. The molecule has 6 heteroatoms. The fraction of sp³-hybridized carbons (Fsp3) is 0.480. The number of benzene rings is 2. The minimum atomic E-state index is -0.157. The highest BCUT2D eigenvalue weighted by atomic mass is 16.5. The fourth-order valence-electron chi connectivity index (χ4n) is 3.71. The molecule has 0 N–H and O–H groups in total. The van der Waals surface area contributed by atoms with E-state index in [-0.39, 0.29) is 18.6 Å². The quantitative estimate of drug-likeness (QED) is 0.610. The van der Waals surface area contributed by atoms with Crippen molar-refractivity contribution >= 4 is 11.6 Å². The molecule has 1 unspecified atom stereocenters. The third-order valence-electron chi connectivity index (χ3n) is 5.78. The van der Waals surface area contributed by atoms with Crippen molar-refractivity contribution in [1.82, 2.24) is 4.90 Å². The standard InChI is InChI=1S/C25H34N2O4/c1-5-26(6-2)21-10-8-11-22(15-21)30-17-23-16-27(13-14-29-23)25(28)18-31-24-12-7-9-19(3)20(24)4/h7-12,15,23H,5-6,13-14,16-18H2,1-4H3. The van der Waals surface area contributed by atoms with E-state index >= 15 is 0 Å². The molecular weight excluding hydrogens is 392 g/mol. The van der Waals surface area contributed by atoms with Gasteiger partial charge in [0.2, 0.25) is 0 Å². The lowest BCUT2D eigenvalue weighted by molar-refractivity contribution is -0.142. The Hall–Kier alpha value is -2.73. The summed E-state index contributed by atoms with van der Waals surface area (Å²) in [5, 5.41) is 0. The molecule has 168 valence electrons. The van der Waals surface area contributed by atoms with Crippen LogP contribution in [0.2, 0.25) is 0 Å². The van der Waals surface area contributed by atoms with Crippen molar-refractivity contribution in [3.05, 3.63) is 53.6 Å². The van der Waals surface area contributed by atoms with Crippen molar-refractivity contribution in [2.45, 2.75) is 33.8 Å². The van der Waals surface area contributed by atoms with Crippen LogP contribution in [-0.4, -0.2) is 62.9 Å². The van der Waals surface area contributed by atoms with Gasteiger partial charge in [0.1, 0.15) is 24.2 Å². The number of anilines is 1. The van der Waals surface area contributed by atoms with Gasteiger partial charge in [-0.05, 0) is 57.0 Å². The van der Waals surface area contributed by atoms with Gasteiger partial charge in [-0.25, -0.2) is 0 Å². The summed E-state index contributed by atoms with van der Waals surface area (Å²) < 4.78 is 17.6. The zero-order valence-electron chi connectivity index (χ0n) is 19.1. The van der Waals surface area contributed by atoms with E-state index in [4.69, 9.17) is 14.2 Å². The zero-order chi connectivity index (χ0) is 22.2. The molecule has 1 amide bonds. The minimum Gasteiger partial charge on any atom is -0.491 e. The molecule has 1 aliphatic rings. The lowest BCUT2D eigenvalue weighted by Crippen LogP contribution is -2.49. The van der Waals surface area contributed by atoms with E-state index in [2.05, 4.69) is 30.9 Å². The summed E-state index contributed by atoms with van der Waals surface area (Å²) in [5.74, 6) is 1.54. The Kier molecular flexibility index (Phi) is 8.18. The Balaban J connectivity index is 1.50. The maximum Gasteiger partial charge on any atom is 0.260 e. The molecule has 0 aromatic heterocycles. The van der Waals surface area contributed by atoms with Gasteiger partial charge in [-0.1, -0.05) is 18.2 Å². The summed E-state index contributed by atoms with van der Waals surface area (Å²) in [6, 6.07) is 14.0. The van der Waals surface area contributed by atoms with Gasteiger partial charge in [0, 0.05) is 31.4 Å². The van der Waals surface area contributed by atoms with E-state index in [0.29, 0.717) is 26.3 Å². The molecule has 0 radical (unpaired) electrons. The van der Waals surface area contributed by atoms with Crippen molar-refractivity contribution in [1.29, 1.82) is 0 Å². The van der Waals surface area contributed by atoms with Gasteiger partial charge in [0.25, 0.3) is 5.91 Å². The van der Waals surface area contributed by atoms with Gasteiger partial charge in [-0.3, -0.25) is 4.79 Å². The third kappa shape index (κ3) is 6.14. The number of aryl methyl sites for hydroxylation is 1. The Bertz CT molecular complexity index is 866. The molecule has 1 fully saturated rings. The third-order valence-corrected chi connectivity index (χ3v) is 5.78. The van der Waals surface area contributed by atoms with Crippen LogP contribution < -0.4 is 14.4 Å². The van der Waals surface area contributed by atoms with Crippen LogP contribution in [0, 0.1) is 13.8 Å². The van der Waals surface area contributed by atoms with Crippen LogP contribution in [0.1, 0.15) is 25.0 Å². The van der Waals surface area contributed by atoms with Crippen molar-refractivity contribution < 1.29 is 19.0 Å². The van der Waals surface area contributed by atoms with Crippen LogP contribution in [-0.2, 0) is 9.53 Å². The first-order valence-electron chi connectivity index (χ1n) is 11.1. The van der Waals surface area contributed by atoms with Crippen molar-refractivity contribution in [2.24, 2.45) is 0 Å². The van der Waals surface area contributed by atoms with E-state index < -0.39 is 0 Å². The van der Waals surface area contributed by atoms with Crippen LogP contribution in [0.4, 0.5) is 5.69 Å². The van der Waals surface area contributed by atoms with Crippen LogP contribution in [0.5, 0.6) is 11.5 Å². The Morgan fingerprint density at radius 2 is 1.90 bits per heavy atom. The maximum atomic E-state index is 12.7. The van der Waals surface area contributed by atoms with Gasteiger partial charge >= 0.3 is 0 Å². The van der Waals surface area contributed by atoms with Gasteiger partial charge in [0.15, 0.2) is 6.61 Å². The number of hydrogen-bond donors (Lipinski definition) is 0. The molecule has 1 atom stereocenters. The lowest BCUT2D eigenvalue weighted by Gasteiger charge is -2.33. The molecule has 1 saturated heterocycles. The first kappa shape index (κ1) is 22.9. The van der Waals surface area contributed by atoms with Crippen LogP contribution in [0.15, 0.2) is 42.5 Å².